The molecule has 3 nitrogen and oxygen atoms in total. The van der Waals surface area contributed by atoms with Gasteiger partial charge in [-0.25, -0.2) is 0 Å². The van der Waals surface area contributed by atoms with E-state index in [0.717, 1.165) is 6.42 Å². The topological polar surface area (TPSA) is 35.5 Å². The third-order valence-corrected chi connectivity index (χ3v) is 1.40. The Morgan fingerprint density at radius 3 is 2.12 bits per heavy atom. The van der Waals surface area contributed by atoms with Gasteiger partial charge in [0.05, 0.1) is 6.61 Å². The number of hydrogen-bond acceptors (Lipinski definition) is 3. The molecule has 0 bridgehead atoms. The fourth-order valence-corrected chi connectivity index (χ4v) is 0.641. The van der Waals surface area contributed by atoms with E-state index >= 15 is 0 Å². The normalized spacial score (nSPS) is 8.47. The lowest BCUT2D eigenvalue weighted by Crippen LogP contribution is -1.90. The van der Waals surface area contributed by atoms with Gasteiger partial charge in [0.1, 0.15) is 0 Å². The first-order chi connectivity index (χ1) is 8.01. The molecule has 0 aromatic heterocycles. The van der Waals surface area contributed by atoms with Gasteiger partial charge in [-0.1, -0.05) is 33.8 Å². The molecule has 99 valence electrons. The van der Waals surface area contributed by atoms with Crippen LogP contribution in [0.25, 0.3) is 0 Å². The summed E-state index contributed by atoms with van der Waals surface area (Å²) in [6, 6.07) is 0. The second kappa shape index (κ2) is 20.7. The van der Waals surface area contributed by atoms with Crippen molar-refractivity contribution >= 4 is 14.8 Å². The molecule has 0 aliphatic carbocycles. The smallest absolute Gasteiger partial charge is 0.230 e. The number of carbonyl (C=O) groups excluding carboxylic acids is 1. The van der Waals surface area contributed by atoms with Crippen molar-refractivity contribution in [3.05, 3.63) is 19.1 Å². The molecule has 0 saturated heterocycles. The summed E-state index contributed by atoms with van der Waals surface area (Å²) in [5, 5.41) is 0. The van der Waals surface area contributed by atoms with Gasteiger partial charge in [-0.15, -0.1) is 6.42 Å². The number of terminal acetylenes is 1. The zero-order valence-corrected chi connectivity index (χ0v) is 12.3. The summed E-state index contributed by atoms with van der Waals surface area (Å²) >= 11 is 0. The number of allylic oxidation sites excluding steroid dienone is 1. The molecule has 0 rings (SSSR count). The Bertz CT molecular complexity index is 215. The van der Waals surface area contributed by atoms with E-state index in [1.54, 1.807) is 14.0 Å². The highest BCUT2D eigenvalue weighted by atomic mass is 31.1. The van der Waals surface area contributed by atoms with E-state index < -0.39 is 0 Å². The Kier molecular flexibility index (Phi) is 26.3. The van der Waals surface area contributed by atoms with Crippen molar-refractivity contribution in [2.45, 2.75) is 33.6 Å². The van der Waals surface area contributed by atoms with Crippen molar-refractivity contribution in [2.24, 2.45) is 0 Å². The molecular formula is C13H24O3P. The number of rotatable bonds is 5. The van der Waals surface area contributed by atoms with Gasteiger partial charge < -0.3 is 9.05 Å². The predicted molar refractivity (Wildman–Crippen MR) is 75.9 cm³/mol. The van der Waals surface area contributed by atoms with Crippen LogP contribution in [0.3, 0.4) is 0 Å². The maximum Gasteiger partial charge on any atom is 0.230 e. The zero-order valence-electron chi connectivity index (χ0n) is 11.3. The van der Waals surface area contributed by atoms with Crippen molar-refractivity contribution in [3.63, 3.8) is 0 Å². The maximum absolute atomic E-state index is 10.2. The fraction of sp³-hybridized carbons (Fsp3) is 0.538. The molecule has 0 aromatic carbocycles. The quantitative estimate of drug-likeness (QED) is 0.249. The molecule has 0 aliphatic heterocycles. The lowest BCUT2D eigenvalue weighted by atomic mass is 10.2. The average molecular weight is 259 g/mol. The van der Waals surface area contributed by atoms with Crippen molar-refractivity contribution in [3.8, 4) is 12.3 Å². The van der Waals surface area contributed by atoms with Gasteiger partial charge in [0.2, 0.25) is 5.78 Å². The average Bonchev–Trinajstić information content (AvgIpc) is 2.30. The van der Waals surface area contributed by atoms with Gasteiger partial charge in [0, 0.05) is 7.11 Å². The van der Waals surface area contributed by atoms with E-state index in [9.17, 15) is 4.79 Å². The van der Waals surface area contributed by atoms with Crippen LogP contribution >= 0.6 is 9.03 Å². The van der Waals surface area contributed by atoms with E-state index in [4.69, 9.17) is 10.9 Å². The summed E-state index contributed by atoms with van der Waals surface area (Å²) in [6.07, 6.45) is 6.78. The van der Waals surface area contributed by atoms with E-state index in [-0.39, 0.29) is 14.8 Å². The number of hydrogen-bond donors (Lipinski definition) is 0. The van der Waals surface area contributed by atoms with Crippen molar-refractivity contribution in [1.82, 2.24) is 0 Å². The van der Waals surface area contributed by atoms with E-state index in [1.807, 2.05) is 5.92 Å². The molecule has 1 atom stereocenters. The molecule has 0 N–H and O–H groups in total. The molecular weight excluding hydrogens is 235 g/mol. The summed E-state index contributed by atoms with van der Waals surface area (Å²) in [5.41, 5.74) is 0.419. The summed E-state index contributed by atoms with van der Waals surface area (Å²) in [4.78, 5) is 10.2. The second-order valence-electron chi connectivity index (χ2n) is 2.95. The minimum atomic E-state index is -0.319. The van der Waals surface area contributed by atoms with Crippen LogP contribution in [0.2, 0.25) is 0 Å². The van der Waals surface area contributed by atoms with Crippen molar-refractivity contribution in [1.29, 1.82) is 0 Å². The summed E-state index contributed by atoms with van der Waals surface area (Å²) in [6.45, 7) is 13.5. The highest BCUT2D eigenvalue weighted by molar-refractivity contribution is 7.26. The SMILES string of the molecule is C#CC(=O)C(=C)C.CCC.[CH2]CCOPOC. The molecule has 1 unspecified atom stereocenters. The van der Waals surface area contributed by atoms with Gasteiger partial charge >= 0.3 is 0 Å². The van der Waals surface area contributed by atoms with Crippen molar-refractivity contribution in [2.75, 3.05) is 13.7 Å². The van der Waals surface area contributed by atoms with Gasteiger partial charge in [0.15, 0.2) is 9.03 Å². The zero-order chi connectivity index (χ0) is 14.1. The van der Waals surface area contributed by atoms with Crippen LogP contribution in [0.4, 0.5) is 0 Å². The Labute approximate surface area is 108 Å². The first-order valence-corrected chi connectivity index (χ1v) is 6.18. The molecule has 1 radical (unpaired) electrons. The van der Waals surface area contributed by atoms with Gasteiger partial charge in [-0.2, -0.15) is 0 Å². The van der Waals surface area contributed by atoms with E-state index in [1.165, 1.54) is 6.42 Å². The fourth-order valence-electron chi connectivity index (χ4n) is 0.296. The molecule has 0 amide bonds. The van der Waals surface area contributed by atoms with Crippen LogP contribution in [0.1, 0.15) is 33.6 Å². The van der Waals surface area contributed by atoms with Crippen LogP contribution in [-0.4, -0.2) is 19.5 Å². The maximum atomic E-state index is 10.2. The van der Waals surface area contributed by atoms with Crippen LogP contribution in [-0.2, 0) is 13.8 Å². The Morgan fingerprint density at radius 1 is 1.47 bits per heavy atom. The Balaban J connectivity index is -0.000000188. The molecule has 4 heteroatoms. The second-order valence-corrected chi connectivity index (χ2v) is 3.81. The monoisotopic (exact) mass is 259 g/mol. The van der Waals surface area contributed by atoms with Crippen LogP contribution in [0, 0.1) is 19.3 Å². The van der Waals surface area contributed by atoms with E-state index in [2.05, 4.69) is 31.9 Å². The molecule has 0 aliphatic rings. The third kappa shape index (κ3) is 31.3. The van der Waals surface area contributed by atoms with Crippen LogP contribution in [0.5, 0.6) is 0 Å². The van der Waals surface area contributed by atoms with Gasteiger partial charge in [0.25, 0.3) is 0 Å². The van der Waals surface area contributed by atoms with Crippen molar-refractivity contribution < 1.29 is 13.8 Å². The minimum Gasteiger partial charge on any atom is -0.340 e. The highest BCUT2D eigenvalue weighted by Gasteiger charge is 1.91. The minimum absolute atomic E-state index is 0.182. The molecule has 0 spiro atoms. The number of carbonyl (C=O) groups is 1. The first-order valence-electron chi connectivity index (χ1n) is 5.37. The van der Waals surface area contributed by atoms with Gasteiger partial charge in [-0.3, -0.25) is 4.79 Å². The summed E-state index contributed by atoms with van der Waals surface area (Å²) < 4.78 is 9.50. The third-order valence-electron chi connectivity index (χ3n) is 0.907. The first kappa shape index (κ1) is 21.6. The standard InChI is InChI=1S/C6H6O.C4H10O2P.C3H8/c1-4-6(7)5(2)3;1-3-4-6-7-5-2;1-3-2/h1H,2H2,3H3;7H,1,3-4H2,2H3;3H2,1-2H3. The lowest BCUT2D eigenvalue weighted by molar-refractivity contribution is -0.110. The van der Waals surface area contributed by atoms with Crippen LogP contribution < -0.4 is 0 Å². The number of Topliss-reactive ketones (excluding diaryl/α,β-unsaturated/α-hetero) is 1. The predicted octanol–water partition coefficient (Wildman–Crippen LogP) is 3.56. The van der Waals surface area contributed by atoms with E-state index in [0.29, 0.717) is 12.2 Å². The number of ketones is 1. The molecule has 0 saturated carbocycles. The molecule has 0 heterocycles. The largest absolute Gasteiger partial charge is 0.340 e. The summed E-state index contributed by atoms with van der Waals surface area (Å²) in [5.74, 6) is 1.61. The highest BCUT2D eigenvalue weighted by Crippen LogP contribution is 2.09. The lowest BCUT2D eigenvalue weighted by Gasteiger charge is -1.95. The Morgan fingerprint density at radius 2 is 1.94 bits per heavy atom. The molecule has 0 fully saturated rings. The Hall–Kier alpha value is -0.680. The van der Waals surface area contributed by atoms with Gasteiger partial charge in [-0.05, 0) is 24.8 Å². The molecule has 0 aromatic rings. The summed E-state index contributed by atoms with van der Waals surface area (Å²) in [7, 11) is 1.79. The molecule has 17 heavy (non-hydrogen) atoms. The van der Waals surface area contributed by atoms with Crippen LogP contribution in [0.15, 0.2) is 12.2 Å².